The lowest BCUT2D eigenvalue weighted by atomic mass is 10.2. The van der Waals surface area contributed by atoms with Gasteiger partial charge < -0.3 is 15.4 Å². The molecule has 4 nitrogen and oxygen atoms in total. The first kappa shape index (κ1) is 13.9. The fourth-order valence-electron chi connectivity index (χ4n) is 2.24. The Balaban J connectivity index is 1.51. The zero-order chi connectivity index (χ0) is 13.8. The number of anilines is 1. The van der Waals surface area contributed by atoms with Gasteiger partial charge in [-0.3, -0.25) is 4.79 Å². The van der Waals surface area contributed by atoms with Gasteiger partial charge >= 0.3 is 0 Å². The second-order valence-electron chi connectivity index (χ2n) is 4.80. The third-order valence-electron chi connectivity index (χ3n) is 3.32. The summed E-state index contributed by atoms with van der Waals surface area (Å²) >= 11 is 3.91. The minimum Gasteiger partial charge on any atom is -0.477 e. The molecule has 1 aromatic carbocycles. The zero-order valence-electron chi connectivity index (χ0n) is 11.1. The van der Waals surface area contributed by atoms with Crippen LogP contribution in [-0.4, -0.2) is 47.6 Å². The van der Waals surface area contributed by atoms with Crippen molar-refractivity contribution in [3.05, 3.63) is 24.3 Å². The molecule has 1 amide bonds. The molecule has 20 heavy (non-hydrogen) atoms. The summed E-state index contributed by atoms with van der Waals surface area (Å²) < 4.78 is 5.75. The van der Waals surface area contributed by atoms with Gasteiger partial charge in [-0.15, -0.1) is 0 Å². The molecule has 108 valence electrons. The number of fused-ring (bicyclic) bond motifs is 1. The highest BCUT2D eigenvalue weighted by Gasteiger charge is 2.26. The van der Waals surface area contributed by atoms with E-state index in [2.05, 4.69) is 10.6 Å². The van der Waals surface area contributed by atoms with E-state index in [0.29, 0.717) is 11.8 Å². The van der Waals surface area contributed by atoms with E-state index in [1.807, 2.05) is 47.8 Å². The number of ether oxygens (including phenoxy) is 1. The molecule has 0 radical (unpaired) electrons. The number of hydrogen-bond donors (Lipinski definition) is 2. The second-order valence-corrected chi connectivity index (χ2v) is 7.35. The monoisotopic (exact) mass is 310 g/mol. The van der Waals surface area contributed by atoms with Crippen molar-refractivity contribution >= 4 is 35.1 Å². The van der Waals surface area contributed by atoms with Crippen molar-refractivity contribution in [2.24, 2.45) is 0 Å². The number of benzene rings is 1. The van der Waals surface area contributed by atoms with Crippen LogP contribution < -0.4 is 15.4 Å². The van der Waals surface area contributed by atoms with Crippen LogP contribution >= 0.6 is 23.5 Å². The summed E-state index contributed by atoms with van der Waals surface area (Å²) in [4.78, 5) is 12.2. The van der Waals surface area contributed by atoms with Crippen molar-refractivity contribution in [1.82, 2.24) is 5.32 Å². The van der Waals surface area contributed by atoms with Crippen LogP contribution in [0.4, 0.5) is 5.69 Å². The summed E-state index contributed by atoms with van der Waals surface area (Å²) in [5, 5.41) is 6.78. The van der Waals surface area contributed by atoms with E-state index < -0.39 is 6.10 Å². The second kappa shape index (κ2) is 6.63. The van der Waals surface area contributed by atoms with Crippen LogP contribution in [0.25, 0.3) is 0 Å². The Bertz CT molecular complexity index is 478. The van der Waals surface area contributed by atoms with Crippen molar-refractivity contribution < 1.29 is 9.53 Å². The van der Waals surface area contributed by atoms with Gasteiger partial charge in [0, 0.05) is 29.1 Å². The molecule has 2 heterocycles. The average Bonchev–Trinajstić information content (AvgIpc) is 2.53. The van der Waals surface area contributed by atoms with Crippen LogP contribution in [0.5, 0.6) is 5.75 Å². The average molecular weight is 310 g/mol. The van der Waals surface area contributed by atoms with Gasteiger partial charge in [-0.25, -0.2) is 0 Å². The maximum atomic E-state index is 12.2. The number of carbonyl (C=O) groups excluding carboxylic acids is 1. The van der Waals surface area contributed by atoms with Crippen molar-refractivity contribution in [3.8, 4) is 5.75 Å². The molecular weight excluding hydrogens is 292 g/mol. The normalized spacial score (nSPS) is 25.0. The van der Waals surface area contributed by atoms with Crippen molar-refractivity contribution in [1.29, 1.82) is 0 Å². The number of carbonyl (C=O) groups is 1. The van der Waals surface area contributed by atoms with E-state index in [4.69, 9.17) is 4.74 Å². The highest BCUT2D eigenvalue weighted by Crippen LogP contribution is 2.28. The maximum Gasteiger partial charge on any atom is 0.262 e. The number of hydrogen-bond acceptors (Lipinski definition) is 5. The molecule has 3 rings (SSSR count). The number of para-hydroxylation sites is 2. The Morgan fingerprint density at radius 3 is 3.15 bits per heavy atom. The lowest BCUT2D eigenvalue weighted by Gasteiger charge is -2.27. The fourth-order valence-corrected chi connectivity index (χ4v) is 4.85. The van der Waals surface area contributed by atoms with Crippen LogP contribution in [0.1, 0.15) is 0 Å². The molecular formula is C14H18N2O2S2. The number of rotatable bonds is 3. The van der Waals surface area contributed by atoms with E-state index in [1.165, 1.54) is 11.5 Å². The van der Waals surface area contributed by atoms with Crippen molar-refractivity contribution in [2.75, 3.05) is 35.7 Å². The summed E-state index contributed by atoms with van der Waals surface area (Å²) in [6.07, 6.45) is -0.439. The number of thioether (sulfide) groups is 2. The van der Waals surface area contributed by atoms with E-state index in [0.717, 1.165) is 23.7 Å². The summed E-state index contributed by atoms with van der Waals surface area (Å²) in [5.74, 6) is 4.25. The van der Waals surface area contributed by atoms with Gasteiger partial charge in [-0.1, -0.05) is 12.1 Å². The summed E-state index contributed by atoms with van der Waals surface area (Å²) in [7, 11) is 0. The first-order chi connectivity index (χ1) is 9.83. The van der Waals surface area contributed by atoms with Gasteiger partial charge in [0.2, 0.25) is 0 Å². The largest absolute Gasteiger partial charge is 0.477 e. The minimum absolute atomic E-state index is 0.0248. The summed E-state index contributed by atoms with van der Waals surface area (Å²) in [6, 6.07) is 7.71. The van der Waals surface area contributed by atoms with E-state index in [9.17, 15) is 4.79 Å². The quantitative estimate of drug-likeness (QED) is 0.892. The summed E-state index contributed by atoms with van der Waals surface area (Å²) in [6.45, 7) is 1.26. The van der Waals surface area contributed by atoms with E-state index >= 15 is 0 Å². The van der Waals surface area contributed by atoms with Crippen LogP contribution in [0.2, 0.25) is 0 Å². The first-order valence-electron chi connectivity index (χ1n) is 6.79. The molecule has 2 unspecified atom stereocenters. The number of amides is 1. The molecule has 0 saturated carbocycles. The fraction of sp³-hybridized carbons (Fsp3) is 0.500. The summed E-state index contributed by atoms with van der Waals surface area (Å²) in [5.41, 5.74) is 0.954. The first-order valence-corrected chi connectivity index (χ1v) is 9.00. The molecule has 1 saturated heterocycles. The standard InChI is InChI=1S/C14H18N2O2S2/c17-14(16-7-10-9-19-5-6-20-10)13-8-15-11-3-1-2-4-12(11)18-13/h1-4,10,13,15H,5-9H2,(H,16,17). The van der Waals surface area contributed by atoms with Gasteiger partial charge in [0.05, 0.1) is 12.2 Å². The molecule has 0 spiro atoms. The molecule has 2 aliphatic rings. The predicted molar refractivity (Wildman–Crippen MR) is 85.9 cm³/mol. The van der Waals surface area contributed by atoms with Crippen LogP contribution in [-0.2, 0) is 4.79 Å². The number of nitrogens with one attached hydrogen (secondary N) is 2. The van der Waals surface area contributed by atoms with Gasteiger partial charge in [0.25, 0.3) is 5.91 Å². The smallest absolute Gasteiger partial charge is 0.262 e. The van der Waals surface area contributed by atoms with Crippen LogP contribution in [0, 0.1) is 0 Å². The molecule has 0 bridgehead atoms. The van der Waals surface area contributed by atoms with Crippen molar-refractivity contribution in [3.63, 3.8) is 0 Å². The lowest BCUT2D eigenvalue weighted by Crippen LogP contribution is -2.46. The Labute approximate surface area is 127 Å². The predicted octanol–water partition coefficient (Wildman–Crippen LogP) is 1.82. The van der Waals surface area contributed by atoms with E-state index in [1.54, 1.807) is 0 Å². The topological polar surface area (TPSA) is 50.4 Å². The zero-order valence-corrected chi connectivity index (χ0v) is 12.8. The molecule has 2 aliphatic heterocycles. The van der Waals surface area contributed by atoms with Gasteiger partial charge in [0.1, 0.15) is 5.75 Å². The van der Waals surface area contributed by atoms with Crippen LogP contribution in [0.3, 0.4) is 0 Å². The molecule has 2 N–H and O–H groups in total. The Hall–Kier alpha value is -1.01. The Kier molecular flexibility index (Phi) is 4.62. The third kappa shape index (κ3) is 3.35. The minimum atomic E-state index is -0.439. The van der Waals surface area contributed by atoms with Crippen molar-refractivity contribution in [2.45, 2.75) is 11.4 Å². The Morgan fingerprint density at radius 2 is 2.30 bits per heavy atom. The Morgan fingerprint density at radius 1 is 1.40 bits per heavy atom. The van der Waals surface area contributed by atoms with E-state index in [-0.39, 0.29) is 5.91 Å². The lowest BCUT2D eigenvalue weighted by molar-refractivity contribution is -0.127. The molecule has 6 heteroatoms. The SMILES string of the molecule is O=C(NCC1CSCCS1)C1CNc2ccccc2O1. The molecule has 0 aromatic heterocycles. The highest BCUT2D eigenvalue weighted by atomic mass is 32.2. The van der Waals surface area contributed by atoms with Gasteiger partial charge in [-0.2, -0.15) is 23.5 Å². The molecule has 2 atom stereocenters. The molecule has 0 aliphatic carbocycles. The highest BCUT2D eigenvalue weighted by molar-refractivity contribution is 8.06. The maximum absolute atomic E-state index is 12.2. The van der Waals surface area contributed by atoms with Gasteiger partial charge in [-0.05, 0) is 12.1 Å². The molecule has 1 aromatic rings. The van der Waals surface area contributed by atoms with Gasteiger partial charge in [0.15, 0.2) is 6.10 Å². The molecule has 1 fully saturated rings. The van der Waals surface area contributed by atoms with Crippen LogP contribution in [0.15, 0.2) is 24.3 Å². The third-order valence-corrected chi connectivity index (χ3v) is 6.16.